The summed E-state index contributed by atoms with van der Waals surface area (Å²) in [5.41, 5.74) is 3.48. The molecule has 23 heavy (non-hydrogen) atoms. The van der Waals surface area contributed by atoms with Crippen molar-refractivity contribution in [2.75, 3.05) is 7.05 Å². The second-order valence-corrected chi connectivity index (χ2v) is 6.14. The molecule has 0 aliphatic carbocycles. The highest BCUT2D eigenvalue weighted by atomic mass is 16.2. The summed E-state index contributed by atoms with van der Waals surface area (Å²) in [5, 5.41) is 1.21. The van der Waals surface area contributed by atoms with Crippen molar-refractivity contribution in [1.82, 2.24) is 9.88 Å². The lowest BCUT2D eigenvalue weighted by Gasteiger charge is -2.21. The number of hydrogen-bond donors (Lipinski definition) is 1. The maximum atomic E-state index is 12.6. The molecule has 2 aromatic carbocycles. The van der Waals surface area contributed by atoms with Crippen molar-refractivity contribution in [2.45, 2.75) is 19.9 Å². The Morgan fingerprint density at radius 3 is 2.57 bits per heavy atom. The third-order valence-electron chi connectivity index (χ3n) is 4.26. The molecular weight excluding hydrogens is 284 g/mol. The van der Waals surface area contributed by atoms with E-state index in [0.29, 0.717) is 6.54 Å². The Balaban J connectivity index is 1.67. The third-order valence-corrected chi connectivity index (χ3v) is 4.26. The fourth-order valence-electron chi connectivity index (χ4n) is 3.03. The van der Waals surface area contributed by atoms with Gasteiger partial charge in [-0.25, -0.2) is 0 Å². The number of H-pyrrole nitrogens is 1. The van der Waals surface area contributed by atoms with Crippen molar-refractivity contribution >= 4 is 16.8 Å². The molecule has 0 bridgehead atoms. The SMILES string of the molecule is C[C@H](Cc1c[nH]c2ccccc12)C(=O)N(C)Cc1ccccc1. The minimum absolute atomic E-state index is 0.0390. The number of carbonyl (C=O) groups excluding carboxylic acids is 1. The Kier molecular flexibility index (Phi) is 4.47. The van der Waals surface area contributed by atoms with Crippen LogP contribution in [0.15, 0.2) is 60.8 Å². The van der Waals surface area contributed by atoms with Gasteiger partial charge in [-0.15, -0.1) is 0 Å². The molecule has 1 N–H and O–H groups in total. The van der Waals surface area contributed by atoms with Crippen molar-refractivity contribution in [3.63, 3.8) is 0 Å². The van der Waals surface area contributed by atoms with E-state index in [0.717, 1.165) is 17.5 Å². The summed E-state index contributed by atoms with van der Waals surface area (Å²) in [5.74, 6) is 0.141. The third kappa shape index (κ3) is 3.45. The fourth-order valence-corrected chi connectivity index (χ4v) is 3.03. The zero-order valence-corrected chi connectivity index (χ0v) is 13.6. The molecule has 3 heteroatoms. The zero-order valence-electron chi connectivity index (χ0n) is 13.6. The van der Waals surface area contributed by atoms with E-state index >= 15 is 0 Å². The first-order valence-electron chi connectivity index (χ1n) is 7.99. The number of aromatic nitrogens is 1. The minimum Gasteiger partial charge on any atom is -0.361 e. The maximum absolute atomic E-state index is 12.6. The predicted molar refractivity (Wildman–Crippen MR) is 94.1 cm³/mol. The van der Waals surface area contributed by atoms with Gasteiger partial charge in [-0.05, 0) is 23.6 Å². The van der Waals surface area contributed by atoms with E-state index in [1.54, 1.807) is 0 Å². The van der Waals surface area contributed by atoms with E-state index in [2.05, 4.69) is 17.1 Å². The lowest BCUT2D eigenvalue weighted by molar-refractivity contribution is -0.134. The molecule has 1 aromatic heterocycles. The number of fused-ring (bicyclic) bond motifs is 1. The van der Waals surface area contributed by atoms with E-state index in [-0.39, 0.29) is 11.8 Å². The Bertz CT molecular complexity index is 792. The van der Waals surface area contributed by atoms with Gasteiger partial charge in [0.2, 0.25) is 5.91 Å². The lowest BCUT2D eigenvalue weighted by atomic mass is 9.99. The monoisotopic (exact) mass is 306 g/mol. The van der Waals surface area contributed by atoms with Crippen molar-refractivity contribution in [3.05, 3.63) is 71.9 Å². The molecule has 0 fully saturated rings. The predicted octanol–water partition coefficient (Wildman–Crippen LogP) is 4.01. The van der Waals surface area contributed by atoms with E-state index < -0.39 is 0 Å². The second-order valence-electron chi connectivity index (χ2n) is 6.14. The average Bonchev–Trinajstić information content (AvgIpc) is 2.98. The van der Waals surface area contributed by atoms with Gasteiger partial charge >= 0.3 is 0 Å². The lowest BCUT2D eigenvalue weighted by Crippen LogP contribution is -2.32. The number of nitrogens with zero attached hydrogens (tertiary/aromatic N) is 1. The molecule has 3 nitrogen and oxygen atoms in total. The highest BCUT2D eigenvalue weighted by molar-refractivity contribution is 5.84. The molecule has 0 saturated carbocycles. The highest BCUT2D eigenvalue weighted by Gasteiger charge is 2.19. The molecule has 3 rings (SSSR count). The Morgan fingerprint density at radius 2 is 1.78 bits per heavy atom. The minimum atomic E-state index is -0.0390. The van der Waals surface area contributed by atoms with Gasteiger partial charge < -0.3 is 9.88 Å². The molecule has 1 amide bonds. The number of aromatic amines is 1. The molecule has 118 valence electrons. The summed E-state index contributed by atoms with van der Waals surface area (Å²) in [6.07, 6.45) is 2.77. The normalized spacial score (nSPS) is 12.3. The Hall–Kier alpha value is -2.55. The second kappa shape index (κ2) is 6.69. The Morgan fingerprint density at radius 1 is 1.09 bits per heavy atom. The molecule has 0 radical (unpaired) electrons. The maximum Gasteiger partial charge on any atom is 0.225 e. The van der Waals surface area contributed by atoms with Crippen LogP contribution in [-0.4, -0.2) is 22.8 Å². The summed E-state index contributed by atoms with van der Waals surface area (Å²) < 4.78 is 0. The number of benzene rings is 2. The molecule has 1 atom stereocenters. The summed E-state index contributed by atoms with van der Waals surface area (Å²) in [4.78, 5) is 17.7. The smallest absolute Gasteiger partial charge is 0.225 e. The van der Waals surface area contributed by atoms with Gasteiger partial charge in [-0.3, -0.25) is 4.79 Å². The zero-order chi connectivity index (χ0) is 16.2. The van der Waals surface area contributed by atoms with Crippen LogP contribution < -0.4 is 0 Å². The van der Waals surface area contributed by atoms with Crippen LogP contribution in [-0.2, 0) is 17.8 Å². The number of hydrogen-bond acceptors (Lipinski definition) is 1. The number of rotatable bonds is 5. The van der Waals surface area contributed by atoms with E-state index in [1.165, 1.54) is 10.9 Å². The molecular formula is C20H22N2O. The van der Waals surface area contributed by atoms with Crippen molar-refractivity contribution in [2.24, 2.45) is 5.92 Å². The molecule has 0 aliphatic rings. The quantitative estimate of drug-likeness (QED) is 0.760. The van der Waals surface area contributed by atoms with Crippen LogP contribution in [0.4, 0.5) is 0 Å². The van der Waals surface area contributed by atoms with E-state index in [9.17, 15) is 4.79 Å². The number of para-hydroxylation sites is 1. The van der Waals surface area contributed by atoms with E-state index in [1.807, 2.05) is 67.5 Å². The number of amides is 1. The highest BCUT2D eigenvalue weighted by Crippen LogP contribution is 2.21. The van der Waals surface area contributed by atoms with Crippen LogP contribution in [0.3, 0.4) is 0 Å². The molecule has 0 unspecified atom stereocenters. The molecule has 0 saturated heterocycles. The van der Waals surface area contributed by atoms with Crippen molar-refractivity contribution < 1.29 is 4.79 Å². The van der Waals surface area contributed by atoms with Crippen LogP contribution in [0.2, 0.25) is 0 Å². The van der Waals surface area contributed by atoms with E-state index in [4.69, 9.17) is 0 Å². The first kappa shape index (κ1) is 15.3. The van der Waals surface area contributed by atoms with Crippen LogP contribution in [0.1, 0.15) is 18.1 Å². The van der Waals surface area contributed by atoms with Crippen molar-refractivity contribution in [3.8, 4) is 0 Å². The first-order valence-corrected chi connectivity index (χ1v) is 7.99. The van der Waals surface area contributed by atoms with Gasteiger partial charge in [0, 0.05) is 36.6 Å². The van der Waals surface area contributed by atoms with Gasteiger partial charge in [0.25, 0.3) is 0 Å². The van der Waals surface area contributed by atoms with Gasteiger partial charge in [0.15, 0.2) is 0 Å². The summed E-state index contributed by atoms with van der Waals surface area (Å²) in [6.45, 7) is 2.66. The largest absolute Gasteiger partial charge is 0.361 e. The van der Waals surface area contributed by atoms with Crippen LogP contribution in [0, 0.1) is 5.92 Å². The van der Waals surface area contributed by atoms with Gasteiger partial charge in [0.05, 0.1) is 0 Å². The van der Waals surface area contributed by atoms with Crippen LogP contribution >= 0.6 is 0 Å². The van der Waals surface area contributed by atoms with Gasteiger partial charge in [0.1, 0.15) is 0 Å². The summed E-state index contributed by atoms with van der Waals surface area (Å²) >= 11 is 0. The van der Waals surface area contributed by atoms with Crippen LogP contribution in [0.25, 0.3) is 10.9 Å². The summed E-state index contributed by atoms with van der Waals surface area (Å²) in [6, 6.07) is 18.3. The van der Waals surface area contributed by atoms with Gasteiger partial charge in [-0.1, -0.05) is 55.5 Å². The molecule has 1 heterocycles. The topological polar surface area (TPSA) is 36.1 Å². The molecule has 0 aliphatic heterocycles. The number of nitrogens with one attached hydrogen (secondary N) is 1. The van der Waals surface area contributed by atoms with Crippen molar-refractivity contribution in [1.29, 1.82) is 0 Å². The average molecular weight is 306 g/mol. The number of carbonyl (C=O) groups is 1. The first-order chi connectivity index (χ1) is 11.1. The Labute approximate surface area is 136 Å². The molecule has 3 aromatic rings. The fraction of sp³-hybridized carbons (Fsp3) is 0.250. The standard InChI is InChI=1S/C20H22N2O/c1-15(12-17-13-21-19-11-7-6-10-18(17)19)20(23)22(2)14-16-8-4-3-5-9-16/h3-11,13,15,21H,12,14H2,1-2H3/t15-/m1/s1. The van der Waals surface area contributed by atoms with Crippen LogP contribution in [0.5, 0.6) is 0 Å². The molecule has 0 spiro atoms. The summed E-state index contributed by atoms with van der Waals surface area (Å²) in [7, 11) is 1.88. The van der Waals surface area contributed by atoms with Gasteiger partial charge in [-0.2, -0.15) is 0 Å².